The van der Waals surface area contributed by atoms with Gasteiger partial charge in [-0.25, -0.2) is 9.50 Å². The van der Waals surface area contributed by atoms with E-state index in [0.717, 1.165) is 10.0 Å². The fraction of sp³-hybridized carbons (Fsp3) is 0.188. The Kier molecular flexibility index (Phi) is 4.57. The highest BCUT2D eigenvalue weighted by Crippen LogP contribution is 2.12. The molecule has 0 atom stereocenters. The maximum atomic E-state index is 12.2. The van der Waals surface area contributed by atoms with Crippen LogP contribution in [0.5, 0.6) is 5.88 Å². The molecule has 0 unspecified atom stereocenters. The van der Waals surface area contributed by atoms with Gasteiger partial charge in [-0.1, -0.05) is 28.1 Å². The first kappa shape index (κ1) is 15.5. The van der Waals surface area contributed by atoms with Crippen LogP contribution in [0.4, 0.5) is 0 Å². The van der Waals surface area contributed by atoms with E-state index in [1.807, 2.05) is 31.2 Å². The molecule has 0 fully saturated rings. The van der Waals surface area contributed by atoms with Crippen molar-refractivity contribution in [1.82, 2.24) is 19.9 Å². The average Bonchev–Trinajstić information content (AvgIpc) is 2.98. The Hall–Kier alpha value is -2.41. The topological polar surface area (TPSA) is 68.5 Å². The fourth-order valence-electron chi connectivity index (χ4n) is 2.07. The second kappa shape index (κ2) is 6.78. The molecule has 118 valence electrons. The Morgan fingerprint density at radius 1 is 1.26 bits per heavy atom. The molecule has 2 heterocycles. The van der Waals surface area contributed by atoms with Gasteiger partial charge in [0.1, 0.15) is 5.69 Å². The van der Waals surface area contributed by atoms with Gasteiger partial charge >= 0.3 is 0 Å². The van der Waals surface area contributed by atoms with E-state index in [1.165, 1.54) is 0 Å². The summed E-state index contributed by atoms with van der Waals surface area (Å²) in [5.41, 5.74) is 1.94. The maximum Gasteiger partial charge on any atom is 0.271 e. The van der Waals surface area contributed by atoms with E-state index in [-0.39, 0.29) is 5.91 Å². The van der Waals surface area contributed by atoms with Crippen molar-refractivity contribution in [2.75, 3.05) is 6.61 Å². The van der Waals surface area contributed by atoms with Crippen LogP contribution >= 0.6 is 15.9 Å². The highest BCUT2D eigenvalue weighted by molar-refractivity contribution is 9.10. The van der Waals surface area contributed by atoms with Gasteiger partial charge in [-0.2, -0.15) is 0 Å². The number of benzene rings is 1. The number of hydrogen-bond acceptors (Lipinski definition) is 4. The van der Waals surface area contributed by atoms with Crippen molar-refractivity contribution in [3.8, 4) is 5.88 Å². The predicted molar refractivity (Wildman–Crippen MR) is 89.5 cm³/mol. The lowest BCUT2D eigenvalue weighted by atomic mass is 10.2. The van der Waals surface area contributed by atoms with Crippen LogP contribution in [-0.2, 0) is 6.54 Å². The Morgan fingerprint density at radius 3 is 2.78 bits per heavy atom. The smallest absolute Gasteiger partial charge is 0.271 e. The van der Waals surface area contributed by atoms with Crippen molar-refractivity contribution in [3.63, 3.8) is 0 Å². The molecular formula is C16H15BrN4O2. The number of rotatable bonds is 5. The van der Waals surface area contributed by atoms with E-state index >= 15 is 0 Å². The van der Waals surface area contributed by atoms with Gasteiger partial charge in [-0.3, -0.25) is 4.79 Å². The van der Waals surface area contributed by atoms with Crippen LogP contribution in [-0.4, -0.2) is 27.1 Å². The first-order chi connectivity index (χ1) is 11.2. The molecule has 23 heavy (non-hydrogen) atoms. The third kappa shape index (κ3) is 3.68. The van der Waals surface area contributed by atoms with Crippen LogP contribution in [0.3, 0.4) is 0 Å². The summed E-state index contributed by atoms with van der Waals surface area (Å²) in [6, 6.07) is 11.3. The van der Waals surface area contributed by atoms with Gasteiger partial charge in [0.15, 0.2) is 5.65 Å². The van der Waals surface area contributed by atoms with Crippen molar-refractivity contribution in [2.24, 2.45) is 0 Å². The van der Waals surface area contributed by atoms with Crippen LogP contribution in [0.2, 0.25) is 0 Å². The number of ether oxygens (including phenoxy) is 1. The molecule has 7 heteroatoms. The molecule has 3 rings (SSSR count). The van der Waals surface area contributed by atoms with Gasteiger partial charge in [0.2, 0.25) is 5.88 Å². The highest BCUT2D eigenvalue weighted by Gasteiger charge is 2.11. The summed E-state index contributed by atoms with van der Waals surface area (Å²) in [7, 11) is 0. The van der Waals surface area contributed by atoms with Crippen molar-refractivity contribution >= 4 is 27.5 Å². The number of hydrogen-bond donors (Lipinski definition) is 1. The van der Waals surface area contributed by atoms with E-state index in [0.29, 0.717) is 30.4 Å². The Balaban J connectivity index is 1.71. The first-order valence-electron chi connectivity index (χ1n) is 7.17. The van der Waals surface area contributed by atoms with Crippen molar-refractivity contribution in [2.45, 2.75) is 13.5 Å². The molecule has 1 N–H and O–H groups in total. The number of carbonyl (C=O) groups is 1. The van der Waals surface area contributed by atoms with Gasteiger partial charge in [0.25, 0.3) is 5.91 Å². The molecule has 0 spiro atoms. The van der Waals surface area contributed by atoms with Crippen LogP contribution in [0.1, 0.15) is 23.0 Å². The molecular weight excluding hydrogens is 360 g/mol. The molecule has 2 aromatic heterocycles. The number of imidazole rings is 1. The number of amides is 1. The number of nitrogens with one attached hydrogen (secondary N) is 1. The van der Waals surface area contributed by atoms with E-state index in [2.05, 4.69) is 31.3 Å². The average molecular weight is 375 g/mol. The third-order valence-electron chi connectivity index (χ3n) is 3.19. The molecule has 3 aromatic rings. The summed E-state index contributed by atoms with van der Waals surface area (Å²) in [5.74, 6) is 0.260. The minimum atomic E-state index is -0.239. The molecule has 1 amide bonds. The van der Waals surface area contributed by atoms with Crippen LogP contribution in [0.15, 0.2) is 47.1 Å². The maximum absolute atomic E-state index is 12.2. The second-order valence-corrected chi connectivity index (χ2v) is 5.76. The summed E-state index contributed by atoms with van der Waals surface area (Å²) in [5, 5.41) is 7.09. The fourth-order valence-corrected chi connectivity index (χ4v) is 2.34. The zero-order valence-corrected chi connectivity index (χ0v) is 14.1. The normalized spacial score (nSPS) is 10.7. The molecule has 0 radical (unpaired) electrons. The Morgan fingerprint density at radius 2 is 2.04 bits per heavy atom. The molecule has 0 aliphatic carbocycles. The molecule has 0 aliphatic heterocycles. The molecule has 0 saturated carbocycles. The standard InChI is InChI=1S/C16H15BrN4O2/c1-2-23-15-8-7-14-19-13(10-21(14)20-15)16(22)18-9-11-3-5-12(17)6-4-11/h3-8,10H,2,9H2,1H3,(H,18,22). The number of aromatic nitrogens is 3. The van der Waals surface area contributed by atoms with Gasteiger partial charge in [-0.05, 0) is 30.7 Å². The van der Waals surface area contributed by atoms with Gasteiger partial charge < -0.3 is 10.1 Å². The minimum absolute atomic E-state index is 0.239. The summed E-state index contributed by atoms with van der Waals surface area (Å²) in [6.45, 7) is 2.87. The van der Waals surface area contributed by atoms with Gasteiger partial charge in [0.05, 0.1) is 12.8 Å². The van der Waals surface area contributed by atoms with Gasteiger partial charge in [0, 0.05) is 17.1 Å². The lowest BCUT2D eigenvalue weighted by Gasteiger charge is -2.03. The zero-order chi connectivity index (χ0) is 16.2. The number of carbonyl (C=O) groups excluding carboxylic acids is 1. The largest absolute Gasteiger partial charge is 0.477 e. The number of fused-ring (bicyclic) bond motifs is 1. The van der Waals surface area contributed by atoms with E-state index in [9.17, 15) is 4.79 Å². The summed E-state index contributed by atoms with van der Waals surface area (Å²) in [6.07, 6.45) is 1.59. The van der Waals surface area contributed by atoms with Crippen LogP contribution in [0, 0.1) is 0 Å². The van der Waals surface area contributed by atoms with Crippen LogP contribution < -0.4 is 10.1 Å². The van der Waals surface area contributed by atoms with Crippen molar-refractivity contribution in [3.05, 3.63) is 58.3 Å². The quantitative estimate of drug-likeness (QED) is 0.745. The molecule has 6 nitrogen and oxygen atoms in total. The zero-order valence-electron chi connectivity index (χ0n) is 12.5. The van der Waals surface area contributed by atoms with Gasteiger partial charge in [-0.15, -0.1) is 5.10 Å². The number of halogens is 1. The summed E-state index contributed by atoms with van der Waals surface area (Å²) >= 11 is 3.38. The lowest BCUT2D eigenvalue weighted by molar-refractivity contribution is 0.0946. The predicted octanol–water partition coefficient (Wildman–Crippen LogP) is 2.82. The third-order valence-corrected chi connectivity index (χ3v) is 3.72. The van der Waals surface area contributed by atoms with Crippen molar-refractivity contribution < 1.29 is 9.53 Å². The first-order valence-corrected chi connectivity index (χ1v) is 7.97. The van der Waals surface area contributed by atoms with Crippen molar-refractivity contribution in [1.29, 1.82) is 0 Å². The Labute approximate surface area is 141 Å². The second-order valence-electron chi connectivity index (χ2n) is 4.84. The monoisotopic (exact) mass is 374 g/mol. The molecule has 1 aromatic carbocycles. The van der Waals surface area contributed by atoms with E-state index < -0.39 is 0 Å². The number of nitrogens with zero attached hydrogens (tertiary/aromatic N) is 3. The molecule has 0 saturated heterocycles. The SMILES string of the molecule is CCOc1ccc2nc(C(=O)NCc3ccc(Br)cc3)cn2n1. The Bertz CT molecular complexity index is 830. The summed E-state index contributed by atoms with van der Waals surface area (Å²) < 4.78 is 7.88. The van der Waals surface area contributed by atoms with E-state index in [1.54, 1.807) is 22.8 Å². The molecule has 0 bridgehead atoms. The highest BCUT2D eigenvalue weighted by atomic mass is 79.9. The van der Waals surface area contributed by atoms with E-state index in [4.69, 9.17) is 4.74 Å². The minimum Gasteiger partial charge on any atom is -0.477 e. The molecule has 0 aliphatic rings. The lowest BCUT2D eigenvalue weighted by Crippen LogP contribution is -2.23. The van der Waals surface area contributed by atoms with Crippen LogP contribution in [0.25, 0.3) is 5.65 Å². The summed E-state index contributed by atoms with van der Waals surface area (Å²) in [4.78, 5) is 16.5.